The molecule has 2 aromatic rings. The van der Waals surface area contributed by atoms with Crippen LogP contribution in [0.25, 0.3) is 0 Å². The Bertz CT molecular complexity index is 835. The van der Waals surface area contributed by atoms with Crippen LogP contribution < -0.4 is 5.56 Å². The van der Waals surface area contributed by atoms with Gasteiger partial charge in [-0.05, 0) is 24.6 Å². The number of hydrogen-bond donors (Lipinski definition) is 1. The summed E-state index contributed by atoms with van der Waals surface area (Å²) in [6.45, 7) is 1.21. The maximum absolute atomic E-state index is 12.9. The van der Waals surface area contributed by atoms with Crippen LogP contribution >= 0.6 is 11.8 Å². The number of rotatable bonds is 7. The number of aliphatic carboxylic acids is 1. The van der Waals surface area contributed by atoms with Crippen LogP contribution in [0.2, 0.25) is 0 Å². The number of hydrogen-bond acceptors (Lipinski definition) is 6. The lowest BCUT2D eigenvalue weighted by Crippen LogP contribution is -2.25. The Labute approximate surface area is 146 Å². The van der Waals surface area contributed by atoms with Crippen molar-refractivity contribution in [3.05, 3.63) is 57.8 Å². The molecule has 0 aliphatic carbocycles. The number of aromatic nitrogens is 2. The van der Waals surface area contributed by atoms with Crippen molar-refractivity contribution in [1.29, 1.82) is 0 Å². The SMILES string of the molecule is CCOC(=O)c1cn(CC(=O)O)c(SCc2ccc(F)cc2)nc1=O. The second-order valence-electron chi connectivity index (χ2n) is 4.90. The summed E-state index contributed by atoms with van der Waals surface area (Å²) in [6, 6.07) is 5.76. The lowest BCUT2D eigenvalue weighted by atomic mass is 10.2. The third kappa shape index (κ3) is 5.15. The van der Waals surface area contributed by atoms with Crippen molar-refractivity contribution in [2.24, 2.45) is 0 Å². The van der Waals surface area contributed by atoms with Crippen LogP contribution in [-0.4, -0.2) is 33.2 Å². The van der Waals surface area contributed by atoms with Crippen LogP contribution in [0.3, 0.4) is 0 Å². The molecule has 0 unspecified atom stereocenters. The third-order valence-electron chi connectivity index (χ3n) is 3.04. The fourth-order valence-electron chi connectivity index (χ4n) is 1.93. The molecule has 1 N–H and O–H groups in total. The first-order valence-electron chi connectivity index (χ1n) is 7.28. The molecule has 7 nitrogen and oxygen atoms in total. The van der Waals surface area contributed by atoms with E-state index < -0.39 is 24.0 Å². The first-order valence-corrected chi connectivity index (χ1v) is 8.27. The Kier molecular flexibility index (Phi) is 6.29. The molecule has 1 heterocycles. The number of benzene rings is 1. The molecule has 9 heteroatoms. The standard InChI is InChI=1S/C16H15FN2O5S/c1-2-24-15(23)12-7-19(8-13(20)21)16(18-14(12)22)25-9-10-3-5-11(17)6-4-10/h3-7H,2,8-9H2,1H3,(H,20,21). The zero-order valence-corrected chi connectivity index (χ0v) is 14.1. The highest BCUT2D eigenvalue weighted by Gasteiger charge is 2.17. The summed E-state index contributed by atoms with van der Waals surface area (Å²) in [5.41, 5.74) is -0.340. The third-order valence-corrected chi connectivity index (χ3v) is 4.10. The molecule has 0 bridgehead atoms. The van der Waals surface area contributed by atoms with Crippen LogP contribution in [0, 0.1) is 5.82 Å². The quantitative estimate of drug-likeness (QED) is 0.454. The molecule has 25 heavy (non-hydrogen) atoms. The van der Waals surface area contributed by atoms with Gasteiger partial charge in [0.05, 0.1) is 6.61 Å². The lowest BCUT2D eigenvalue weighted by molar-refractivity contribution is -0.137. The van der Waals surface area contributed by atoms with Crippen molar-refractivity contribution in [1.82, 2.24) is 9.55 Å². The summed E-state index contributed by atoms with van der Waals surface area (Å²) < 4.78 is 18.9. The maximum Gasteiger partial charge on any atom is 0.345 e. The monoisotopic (exact) mass is 366 g/mol. The Balaban J connectivity index is 2.30. The van der Waals surface area contributed by atoms with E-state index in [0.29, 0.717) is 5.75 Å². The first-order chi connectivity index (χ1) is 11.9. The number of nitrogens with zero attached hydrogens (tertiary/aromatic N) is 2. The normalized spacial score (nSPS) is 10.5. The number of carbonyl (C=O) groups excluding carboxylic acids is 1. The maximum atomic E-state index is 12.9. The second-order valence-corrected chi connectivity index (χ2v) is 5.84. The molecule has 132 valence electrons. The Hall–Kier alpha value is -2.68. The number of ether oxygens (including phenoxy) is 1. The molecular formula is C16H15FN2O5S. The Morgan fingerprint density at radius 2 is 2.00 bits per heavy atom. The van der Waals surface area contributed by atoms with E-state index in [4.69, 9.17) is 9.84 Å². The summed E-state index contributed by atoms with van der Waals surface area (Å²) in [5, 5.41) is 9.16. The molecule has 0 radical (unpaired) electrons. The largest absolute Gasteiger partial charge is 0.480 e. The van der Waals surface area contributed by atoms with E-state index in [2.05, 4.69) is 4.98 Å². The van der Waals surface area contributed by atoms with Crippen LogP contribution in [0.15, 0.2) is 40.4 Å². The number of thioether (sulfide) groups is 1. The van der Waals surface area contributed by atoms with Gasteiger partial charge in [-0.15, -0.1) is 0 Å². The van der Waals surface area contributed by atoms with Crippen molar-refractivity contribution in [2.45, 2.75) is 24.4 Å². The van der Waals surface area contributed by atoms with Gasteiger partial charge in [-0.3, -0.25) is 9.59 Å². The highest BCUT2D eigenvalue weighted by Crippen LogP contribution is 2.20. The van der Waals surface area contributed by atoms with Gasteiger partial charge in [-0.2, -0.15) is 4.98 Å². The minimum Gasteiger partial charge on any atom is -0.480 e. The summed E-state index contributed by atoms with van der Waals surface area (Å²) in [5.74, 6) is -2.02. The Morgan fingerprint density at radius 3 is 2.60 bits per heavy atom. The molecule has 0 saturated heterocycles. The molecule has 0 saturated carbocycles. The fourth-order valence-corrected chi connectivity index (χ4v) is 2.85. The first kappa shape index (κ1) is 18.7. The van der Waals surface area contributed by atoms with Crippen molar-refractivity contribution in [3.8, 4) is 0 Å². The lowest BCUT2D eigenvalue weighted by Gasteiger charge is -2.11. The van der Waals surface area contributed by atoms with E-state index in [9.17, 15) is 18.8 Å². The molecule has 0 amide bonds. The molecule has 0 aliphatic heterocycles. The van der Waals surface area contributed by atoms with Crippen LogP contribution in [0.1, 0.15) is 22.8 Å². The summed E-state index contributed by atoms with van der Waals surface area (Å²) in [6.07, 6.45) is 1.13. The van der Waals surface area contributed by atoms with Crippen LogP contribution in [0.4, 0.5) is 4.39 Å². The summed E-state index contributed by atoms with van der Waals surface area (Å²) in [7, 11) is 0. The minimum absolute atomic E-state index is 0.0816. The average Bonchev–Trinajstić information content (AvgIpc) is 2.56. The van der Waals surface area contributed by atoms with Gasteiger partial charge in [0, 0.05) is 11.9 Å². The average molecular weight is 366 g/mol. The fraction of sp³-hybridized carbons (Fsp3) is 0.250. The van der Waals surface area contributed by atoms with E-state index in [0.717, 1.165) is 23.5 Å². The van der Waals surface area contributed by atoms with Crippen molar-refractivity contribution in [2.75, 3.05) is 6.61 Å². The minimum atomic E-state index is -1.15. The van der Waals surface area contributed by atoms with Gasteiger partial charge in [-0.25, -0.2) is 9.18 Å². The van der Waals surface area contributed by atoms with Crippen LogP contribution in [-0.2, 0) is 21.8 Å². The number of esters is 1. The molecular weight excluding hydrogens is 351 g/mol. The zero-order chi connectivity index (χ0) is 18.4. The van der Waals surface area contributed by atoms with Gasteiger partial charge in [-0.1, -0.05) is 23.9 Å². The van der Waals surface area contributed by atoms with Gasteiger partial charge in [0.1, 0.15) is 17.9 Å². The highest BCUT2D eigenvalue weighted by molar-refractivity contribution is 7.98. The topological polar surface area (TPSA) is 98.5 Å². The van der Waals surface area contributed by atoms with Gasteiger partial charge in [0.2, 0.25) is 0 Å². The number of carboxylic acid groups (broad SMARTS) is 1. The Morgan fingerprint density at radius 1 is 1.32 bits per heavy atom. The molecule has 1 aromatic carbocycles. The molecule has 0 aliphatic rings. The van der Waals surface area contributed by atoms with E-state index in [-0.39, 0.29) is 23.1 Å². The van der Waals surface area contributed by atoms with Crippen molar-refractivity contribution in [3.63, 3.8) is 0 Å². The molecule has 2 rings (SSSR count). The number of halogens is 1. The second kappa shape index (κ2) is 8.43. The van der Waals surface area contributed by atoms with E-state index in [1.165, 1.54) is 16.7 Å². The van der Waals surface area contributed by atoms with E-state index >= 15 is 0 Å². The van der Waals surface area contributed by atoms with Crippen molar-refractivity contribution < 1.29 is 23.8 Å². The van der Waals surface area contributed by atoms with Crippen molar-refractivity contribution >= 4 is 23.7 Å². The molecule has 1 aromatic heterocycles. The predicted molar refractivity (Wildman–Crippen MR) is 88.1 cm³/mol. The summed E-state index contributed by atoms with van der Waals surface area (Å²) in [4.78, 5) is 38.6. The van der Waals surface area contributed by atoms with Gasteiger partial charge in [0.15, 0.2) is 5.16 Å². The number of carbonyl (C=O) groups is 2. The van der Waals surface area contributed by atoms with Gasteiger partial charge in [0.25, 0.3) is 5.56 Å². The van der Waals surface area contributed by atoms with Gasteiger partial charge >= 0.3 is 11.9 Å². The summed E-state index contributed by atoms with van der Waals surface area (Å²) >= 11 is 1.11. The van der Waals surface area contributed by atoms with E-state index in [1.54, 1.807) is 19.1 Å². The highest BCUT2D eigenvalue weighted by atomic mass is 32.2. The number of carboxylic acids is 1. The smallest absolute Gasteiger partial charge is 0.345 e. The molecule has 0 atom stereocenters. The van der Waals surface area contributed by atoms with Crippen LogP contribution in [0.5, 0.6) is 0 Å². The molecule has 0 spiro atoms. The van der Waals surface area contributed by atoms with Gasteiger partial charge < -0.3 is 14.4 Å². The predicted octanol–water partition coefficient (Wildman–Crippen LogP) is 1.94. The zero-order valence-electron chi connectivity index (χ0n) is 13.3. The van der Waals surface area contributed by atoms with E-state index in [1.807, 2.05) is 0 Å². The molecule has 0 fully saturated rings.